The first kappa shape index (κ1) is 23.2. The fraction of sp³-hybridized carbons (Fsp3) is 0.148. The van der Waals surface area contributed by atoms with Crippen molar-refractivity contribution in [3.05, 3.63) is 95.6 Å². The molecule has 2 heterocycles. The molecule has 1 aliphatic heterocycles. The van der Waals surface area contributed by atoms with Crippen LogP contribution in [0.4, 0.5) is 11.4 Å². The molecule has 0 saturated carbocycles. The van der Waals surface area contributed by atoms with E-state index in [-0.39, 0.29) is 18.2 Å². The number of halogens is 1. The molecule has 2 N–H and O–H groups in total. The van der Waals surface area contributed by atoms with Crippen LogP contribution in [0.5, 0.6) is 0 Å². The van der Waals surface area contributed by atoms with Gasteiger partial charge in [-0.15, -0.1) is 0 Å². The number of para-hydroxylation sites is 2. The van der Waals surface area contributed by atoms with Crippen molar-refractivity contribution in [2.45, 2.75) is 18.1 Å². The van der Waals surface area contributed by atoms with E-state index in [0.717, 1.165) is 22.2 Å². The first-order valence-electron chi connectivity index (χ1n) is 11.3. The maximum absolute atomic E-state index is 13.4. The summed E-state index contributed by atoms with van der Waals surface area (Å²) in [5.41, 5.74) is 3.55. The van der Waals surface area contributed by atoms with E-state index in [9.17, 15) is 9.59 Å². The lowest BCUT2D eigenvalue weighted by molar-refractivity contribution is -0.128. The van der Waals surface area contributed by atoms with Gasteiger partial charge < -0.3 is 10.3 Å². The zero-order valence-electron chi connectivity index (χ0n) is 18.8. The first-order chi connectivity index (χ1) is 17.1. The number of hydrogen-bond acceptors (Lipinski definition) is 4. The van der Waals surface area contributed by atoms with Crippen LogP contribution in [-0.2, 0) is 16.0 Å². The van der Waals surface area contributed by atoms with E-state index in [1.54, 1.807) is 4.90 Å². The van der Waals surface area contributed by atoms with Crippen molar-refractivity contribution in [2.75, 3.05) is 11.9 Å². The molecule has 6 nitrogen and oxygen atoms in total. The zero-order valence-corrected chi connectivity index (χ0v) is 20.4. The number of fused-ring (bicyclic) bond motifs is 1. The van der Waals surface area contributed by atoms with Gasteiger partial charge in [-0.25, -0.2) is 4.99 Å². The van der Waals surface area contributed by atoms with Gasteiger partial charge in [0.2, 0.25) is 11.8 Å². The molecule has 0 radical (unpaired) electrons. The Hall–Kier alpha value is -3.55. The summed E-state index contributed by atoms with van der Waals surface area (Å²) in [6.45, 7) is 0.452. The fourth-order valence-electron chi connectivity index (χ4n) is 4.04. The van der Waals surface area contributed by atoms with E-state index in [1.807, 2.05) is 85.1 Å². The molecule has 0 bridgehead atoms. The van der Waals surface area contributed by atoms with Crippen molar-refractivity contribution in [3.8, 4) is 0 Å². The number of amides is 2. The van der Waals surface area contributed by atoms with Crippen molar-refractivity contribution < 1.29 is 9.59 Å². The van der Waals surface area contributed by atoms with Crippen molar-refractivity contribution >= 4 is 62.6 Å². The van der Waals surface area contributed by atoms with Gasteiger partial charge in [-0.2, -0.15) is 0 Å². The quantitative estimate of drug-likeness (QED) is 0.324. The number of rotatable bonds is 7. The third-order valence-corrected chi connectivity index (χ3v) is 7.17. The zero-order chi connectivity index (χ0) is 24.2. The second-order valence-corrected chi connectivity index (χ2v) is 9.80. The molecule has 3 aromatic carbocycles. The smallest absolute Gasteiger partial charge is 0.242 e. The van der Waals surface area contributed by atoms with Gasteiger partial charge in [0, 0.05) is 40.8 Å². The number of carbonyl (C=O) groups is 2. The third kappa shape index (κ3) is 5.42. The number of aromatic nitrogens is 1. The van der Waals surface area contributed by atoms with E-state index in [0.29, 0.717) is 28.8 Å². The van der Waals surface area contributed by atoms with Gasteiger partial charge in [0.1, 0.15) is 5.25 Å². The Kier molecular flexibility index (Phi) is 6.88. The van der Waals surface area contributed by atoms with Crippen LogP contribution in [0.1, 0.15) is 12.0 Å². The van der Waals surface area contributed by atoms with Crippen molar-refractivity contribution in [3.63, 3.8) is 0 Å². The Labute approximate surface area is 212 Å². The maximum Gasteiger partial charge on any atom is 0.242 e. The van der Waals surface area contributed by atoms with Crippen LogP contribution in [-0.4, -0.2) is 38.7 Å². The molecule has 0 aliphatic carbocycles. The van der Waals surface area contributed by atoms with Crippen molar-refractivity contribution in [2.24, 2.45) is 4.99 Å². The number of carbonyl (C=O) groups excluding carboxylic acids is 2. The second kappa shape index (κ2) is 10.4. The lowest BCUT2D eigenvalue weighted by atomic mass is 10.1. The minimum atomic E-state index is -0.529. The van der Waals surface area contributed by atoms with Crippen LogP contribution in [0, 0.1) is 0 Å². The molecule has 1 aromatic heterocycles. The molecule has 176 valence electrons. The summed E-state index contributed by atoms with van der Waals surface area (Å²) >= 11 is 7.54. The normalized spacial score (nSPS) is 16.8. The number of hydrogen-bond donors (Lipinski definition) is 2. The summed E-state index contributed by atoms with van der Waals surface area (Å²) in [5, 5.41) is 4.66. The molecule has 1 aliphatic rings. The molecule has 8 heteroatoms. The largest absolute Gasteiger partial charge is 0.361 e. The Morgan fingerprint density at radius 3 is 2.57 bits per heavy atom. The van der Waals surface area contributed by atoms with E-state index >= 15 is 0 Å². The molecule has 4 aromatic rings. The van der Waals surface area contributed by atoms with E-state index < -0.39 is 5.25 Å². The summed E-state index contributed by atoms with van der Waals surface area (Å²) in [4.78, 5) is 35.7. The summed E-state index contributed by atoms with van der Waals surface area (Å²) in [6, 6.07) is 24.5. The van der Waals surface area contributed by atoms with Crippen molar-refractivity contribution in [1.82, 2.24) is 9.88 Å². The Morgan fingerprint density at radius 1 is 1.06 bits per heavy atom. The number of amidine groups is 1. The number of aliphatic imine (C=N–C) groups is 1. The number of benzene rings is 3. The number of H-pyrrole nitrogens is 1. The molecular weight excluding hydrogens is 480 g/mol. The topological polar surface area (TPSA) is 77.6 Å². The van der Waals surface area contributed by atoms with Crippen LogP contribution >= 0.6 is 23.4 Å². The predicted molar refractivity (Wildman–Crippen MR) is 143 cm³/mol. The minimum absolute atomic E-state index is 0.0748. The van der Waals surface area contributed by atoms with Crippen molar-refractivity contribution in [1.29, 1.82) is 0 Å². The summed E-state index contributed by atoms with van der Waals surface area (Å²) in [7, 11) is 0. The number of aromatic amines is 1. The van der Waals surface area contributed by atoms with Crippen LogP contribution < -0.4 is 5.32 Å². The lowest BCUT2D eigenvalue weighted by Gasteiger charge is -2.16. The molecule has 1 saturated heterocycles. The SMILES string of the molecule is O=C(CC1SC(=Nc2ccccc2)N(CCc2c[nH]c3ccc(Cl)cc23)C1=O)Nc1ccccc1. The Morgan fingerprint density at radius 2 is 1.80 bits per heavy atom. The van der Waals surface area contributed by atoms with E-state index in [4.69, 9.17) is 16.6 Å². The van der Waals surface area contributed by atoms with E-state index in [2.05, 4.69) is 10.3 Å². The third-order valence-electron chi connectivity index (χ3n) is 5.76. The molecule has 1 fully saturated rings. The van der Waals surface area contributed by atoms with Gasteiger partial charge in [0.25, 0.3) is 0 Å². The molecule has 1 atom stereocenters. The van der Waals surface area contributed by atoms with Gasteiger partial charge in [0.15, 0.2) is 5.17 Å². The highest BCUT2D eigenvalue weighted by atomic mass is 35.5. The molecular formula is C27H23ClN4O2S. The molecule has 0 spiro atoms. The van der Waals surface area contributed by atoms with Crippen LogP contribution in [0.15, 0.2) is 90.1 Å². The molecule has 5 rings (SSSR count). The van der Waals surface area contributed by atoms with Gasteiger partial charge in [-0.3, -0.25) is 14.5 Å². The van der Waals surface area contributed by atoms with Gasteiger partial charge in [-0.1, -0.05) is 59.8 Å². The lowest BCUT2D eigenvalue weighted by Crippen LogP contribution is -2.35. The second-order valence-electron chi connectivity index (χ2n) is 8.20. The first-order valence-corrected chi connectivity index (χ1v) is 12.5. The predicted octanol–water partition coefficient (Wildman–Crippen LogP) is 6.02. The van der Waals surface area contributed by atoms with Crippen LogP contribution in [0.25, 0.3) is 10.9 Å². The summed E-state index contributed by atoms with van der Waals surface area (Å²) in [5.74, 6) is -0.306. The highest BCUT2D eigenvalue weighted by Crippen LogP contribution is 2.32. The highest BCUT2D eigenvalue weighted by Gasteiger charge is 2.39. The monoisotopic (exact) mass is 502 g/mol. The number of thioether (sulfide) groups is 1. The summed E-state index contributed by atoms with van der Waals surface area (Å²) < 4.78 is 0. The van der Waals surface area contributed by atoms with Gasteiger partial charge >= 0.3 is 0 Å². The average Bonchev–Trinajstić information content (AvgIpc) is 3.39. The van der Waals surface area contributed by atoms with Gasteiger partial charge in [0.05, 0.1) is 5.69 Å². The fourth-order valence-corrected chi connectivity index (χ4v) is 5.39. The highest BCUT2D eigenvalue weighted by molar-refractivity contribution is 8.15. The molecule has 1 unspecified atom stereocenters. The minimum Gasteiger partial charge on any atom is -0.361 e. The van der Waals surface area contributed by atoms with Gasteiger partial charge in [-0.05, 0) is 54.4 Å². The average molecular weight is 503 g/mol. The molecule has 2 amide bonds. The Bertz CT molecular complexity index is 1390. The standard InChI is InChI=1S/C27H23ClN4O2S/c28-19-11-12-23-22(15-19)18(17-29-23)13-14-32-26(34)24(16-25(33)30-20-7-3-1-4-8-20)35-27(32)31-21-9-5-2-6-10-21/h1-12,15,17,24,29H,13-14,16H2,(H,30,33). The summed E-state index contributed by atoms with van der Waals surface area (Å²) in [6.07, 6.45) is 2.66. The number of anilines is 1. The maximum atomic E-state index is 13.4. The number of nitrogens with one attached hydrogen (secondary N) is 2. The number of nitrogens with zero attached hydrogens (tertiary/aromatic N) is 2. The van der Waals surface area contributed by atoms with Crippen LogP contribution in [0.2, 0.25) is 5.02 Å². The molecule has 35 heavy (non-hydrogen) atoms. The Balaban J connectivity index is 1.35. The van der Waals surface area contributed by atoms with Crippen LogP contribution in [0.3, 0.4) is 0 Å². The van der Waals surface area contributed by atoms with E-state index in [1.165, 1.54) is 11.8 Å².